The zero-order valence-corrected chi connectivity index (χ0v) is 14.6. The van der Waals surface area contributed by atoms with E-state index in [1.807, 2.05) is 37.3 Å². The Morgan fingerprint density at radius 1 is 1.00 bits per heavy atom. The predicted molar refractivity (Wildman–Crippen MR) is 96.6 cm³/mol. The van der Waals surface area contributed by atoms with E-state index in [1.165, 1.54) is 11.8 Å². The monoisotopic (exact) mass is 371 g/mol. The third-order valence-corrected chi connectivity index (χ3v) is 4.92. The Bertz CT molecular complexity index is 1030. The van der Waals surface area contributed by atoms with Crippen LogP contribution >= 0.6 is 11.8 Å². The molecule has 0 aliphatic carbocycles. The van der Waals surface area contributed by atoms with E-state index in [-0.39, 0.29) is 5.25 Å². The molecule has 4 aromatic rings. The lowest BCUT2D eigenvalue weighted by Crippen LogP contribution is -2.06. The number of imidazole rings is 1. The first-order valence-electron chi connectivity index (χ1n) is 8.02. The van der Waals surface area contributed by atoms with Crippen molar-refractivity contribution in [1.29, 1.82) is 0 Å². The highest BCUT2D eigenvalue weighted by molar-refractivity contribution is 7.99. The van der Waals surface area contributed by atoms with Crippen molar-refractivity contribution >= 4 is 22.8 Å². The van der Waals surface area contributed by atoms with Gasteiger partial charge in [-0.1, -0.05) is 42.1 Å². The second-order valence-corrected chi connectivity index (χ2v) is 6.98. The molecule has 0 spiro atoms. The number of aromatic nitrogens is 5. The third kappa shape index (κ3) is 3.08. The summed E-state index contributed by atoms with van der Waals surface area (Å²) in [5.74, 6) is 0.308. The highest BCUT2D eigenvalue weighted by atomic mass is 32.2. The zero-order chi connectivity index (χ0) is 18.1. The summed E-state index contributed by atoms with van der Waals surface area (Å²) in [5.41, 5.74) is 1.87. The molecule has 8 heteroatoms. The van der Waals surface area contributed by atoms with Crippen LogP contribution in [0.3, 0.4) is 0 Å². The van der Waals surface area contributed by atoms with Crippen LogP contribution in [-0.4, -0.2) is 24.3 Å². The molecule has 0 unspecified atom stereocenters. The lowest BCUT2D eigenvalue weighted by atomic mass is 10.3. The van der Waals surface area contributed by atoms with Crippen molar-refractivity contribution in [3.63, 3.8) is 0 Å². The molecule has 2 aromatic carbocycles. The maximum Gasteiger partial charge on any atom is 0.320 e. The maximum atomic E-state index is 13.6. The fraction of sp³-hybridized carbons (Fsp3) is 0.167. The van der Waals surface area contributed by atoms with Gasteiger partial charge in [-0.05, 0) is 31.2 Å². The normalized spacial score (nSPS) is 12.8. The van der Waals surface area contributed by atoms with Gasteiger partial charge in [-0.3, -0.25) is 4.57 Å². The Hall–Kier alpha value is -2.74. The first-order valence-corrected chi connectivity index (χ1v) is 8.90. The van der Waals surface area contributed by atoms with Crippen LogP contribution in [0.5, 0.6) is 0 Å². The summed E-state index contributed by atoms with van der Waals surface area (Å²) < 4.78 is 29.8. The van der Waals surface area contributed by atoms with Crippen LogP contribution in [0, 0.1) is 0 Å². The van der Waals surface area contributed by atoms with Crippen LogP contribution in [0.25, 0.3) is 16.7 Å². The first-order chi connectivity index (χ1) is 12.6. The number of halogens is 2. The smallest absolute Gasteiger partial charge is 0.269 e. The van der Waals surface area contributed by atoms with Crippen LogP contribution in [0.1, 0.15) is 24.5 Å². The second kappa shape index (κ2) is 6.87. The van der Waals surface area contributed by atoms with Crippen LogP contribution in [-0.2, 0) is 0 Å². The molecule has 0 radical (unpaired) electrons. The van der Waals surface area contributed by atoms with Crippen molar-refractivity contribution in [1.82, 2.24) is 24.3 Å². The number of nitrogens with zero attached hydrogens (tertiary/aromatic N) is 5. The molecule has 0 bridgehead atoms. The standard InChI is InChI=1S/C18H15F2N5S/c1-12(16-22-14-9-5-6-10-15(14)25(16)17(19)20)26-18-21-11-24(23-18)13-7-3-2-4-8-13/h2-12,17H,1H3/t12-/m0/s1. The summed E-state index contributed by atoms with van der Waals surface area (Å²) >= 11 is 1.30. The van der Waals surface area contributed by atoms with Gasteiger partial charge in [0.15, 0.2) is 0 Å². The van der Waals surface area contributed by atoms with Gasteiger partial charge in [0.1, 0.15) is 12.2 Å². The summed E-state index contributed by atoms with van der Waals surface area (Å²) in [6.07, 6.45) is 1.61. The number of rotatable bonds is 5. The molecule has 0 fully saturated rings. The molecular formula is C18H15F2N5S. The van der Waals surface area contributed by atoms with Crippen LogP contribution in [0.4, 0.5) is 8.78 Å². The number of alkyl halides is 2. The molecule has 0 N–H and O–H groups in total. The van der Waals surface area contributed by atoms with Crippen molar-refractivity contribution in [3.05, 3.63) is 66.7 Å². The molecule has 2 aromatic heterocycles. The average molecular weight is 371 g/mol. The van der Waals surface area contributed by atoms with Gasteiger partial charge in [0, 0.05) is 0 Å². The number of hydrogen-bond donors (Lipinski definition) is 0. The predicted octanol–water partition coefficient (Wildman–Crippen LogP) is 4.87. The number of para-hydroxylation sites is 3. The third-order valence-electron chi connectivity index (χ3n) is 3.96. The fourth-order valence-electron chi connectivity index (χ4n) is 2.77. The molecular weight excluding hydrogens is 356 g/mol. The van der Waals surface area contributed by atoms with Gasteiger partial charge in [-0.25, -0.2) is 14.6 Å². The quantitative estimate of drug-likeness (QED) is 0.470. The van der Waals surface area contributed by atoms with Gasteiger partial charge in [-0.2, -0.15) is 8.78 Å². The fourth-order valence-corrected chi connectivity index (χ4v) is 3.60. The zero-order valence-electron chi connectivity index (χ0n) is 13.8. The van der Waals surface area contributed by atoms with E-state index in [1.54, 1.807) is 35.3 Å². The minimum Gasteiger partial charge on any atom is -0.269 e. The Kier molecular flexibility index (Phi) is 4.42. The summed E-state index contributed by atoms with van der Waals surface area (Å²) in [7, 11) is 0. The van der Waals surface area contributed by atoms with Gasteiger partial charge in [0.05, 0.1) is 22.0 Å². The lowest BCUT2D eigenvalue weighted by molar-refractivity contribution is 0.0715. The molecule has 5 nitrogen and oxygen atoms in total. The van der Waals surface area contributed by atoms with Crippen molar-refractivity contribution < 1.29 is 8.78 Å². The SMILES string of the molecule is C[C@H](Sc1ncn(-c2ccccc2)n1)c1nc2ccccc2n1C(F)F. The van der Waals surface area contributed by atoms with Crippen LogP contribution < -0.4 is 0 Å². The van der Waals surface area contributed by atoms with Gasteiger partial charge < -0.3 is 0 Å². The van der Waals surface area contributed by atoms with Crippen molar-refractivity contribution in [2.24, 2.45) is 0 Å². The maximum absolute atomic E-state index is 13.6. The number of benzene rings is 2. The van der Waals surface area contributed by atoms with E-state index in [9.17, 15) is 8.78 Å². The average Bonchev–Trinajstić information content (AvgIpc) is 3.27. The van der Waals surface area contributed by atoms with Crippen molar-refractivity contribution in [3.8, 4) is 5.69 Å². The Balaban J connectivity index is 1.63. The van der Waals surface area contributed by atoms with E-state index in [4.69, 9.17) is 0 Å². The molecule has 4 rings (SSSR count). The van der Waals surface area contributed by atoms with E-state index in [2.05, 4.69) is 15.1 Å². The minimum atomic E-state index is -2.66. The minimum absolute atomic E-state index is 0.308. The molecule has 1 atom stereocenters. The number of thioether (sulfide) groups is 1. The molecule has 0 saturated heterocycles. The van der Waals surface area contributed by atoms with Crippen LogP contribution in [0.2, 0.25) is 0 Å². The topological polar surface area (TPSA) is 48.5 Å². The summed E-state index contributed by atoms with van der Waals surface area (Å²) in [6, 6.07) is 16.5. The van der Waals surface area contributed by atoms with E-state index in [0.29, 0.717) is 22.0 Å². The van der Waals surface area contributed by atoms with Crippen molar-refractivity contribution in [2.45, 2.75) is 23.9 Å². The molecule has 0 saturated carbocycles. The Morgan fingerprint density at radius 2 is 1.73 bits per heavy atom. The summed E-state index contributed by atoms with van der Waals surface area (Å²) in [5, 5.41) is 4.60. The van der Waals surface area contributed by atoms with Gasteiger partial charge in [-0.15, -0.1) is 5.10 Å². The summed E-state index contributed by atoms with van der Waals surface area (Å²) in [6.45, 7) is -0.830. The summed E-state index contributed by atoms with van der Waals surface area (Å²) in [4.78, 5) is 8.67. The molecule has 0 amide bonds. The van der Waals surface area contributed by atoms with Crippen molar-refractivity contribution in [2.75, 3.05) is 0 Å². The number of fused-ring (bicyclic) bond motifs is 1. The van der Waals surface area contributed by atoms with Gasteiger partial charge >= 0.3 is 6.55 Å². The Labute approximate surface area is 152 Å². The Morgan fingerprint density at radius 3 is 2.50 bits per heavy atom. The van der Waals surface area contributed by atoms with E-state index < -0.39 is 6.55 Å². The molecule has 132 valence electrons. The highest BCUT2D eigenvalue weighted by Crippen LogP contribution is 2.36. The van der Waals surface area contributed by atoms with Gasteiger partial charge in [0.2, 0.25) is 5.16 Å². The highest BCUT2D eigenvalue weighted by Gasteiger charge is 2.23. The lowest BCUT2D eigenvalue weighted by Gasteiger charge is -2.12. The molecule has 0 aliphatic rings. The largest absolute Gasteiger partial charge is 0.320 e. The van der Waals surface area contributed by atoms with Gasteiger partial charge in [0.25, 0.3) is 0 Å². The van der Waals surface area contributed by atoms with E-state index in [0.717, 1.165) is 10.3 Å². The molecule has 0 aliphatic heterocycles. The van der Waals surface area contributed by atoms with Crippen LogP contribution in [0.15, 0.2) is 66.1 Å². The molecule has 2 heterocycles. The second-order valence-electron chi connectivity index (χ2n) is 5.67. The molecule has 26 heavy (non-hydrogen) atoms. The number of hydrogen-bond acceptors (Lipinski definition) is 4. The van der Waals surface area contributed by atoms with E-state index >= 15 is 0 Å². The first kappa shape index (κ1) is 16.7.